The molecule has 0 radical (unpaired) electrons. The number of alkyl halides is 3. The monoisotopic (exact) mass is 374 g/mol. The summed E-state index contributed by atoms with van der Waals surface area (Å²) in [5, 5.41) is 4.35. The number of amides is 3. The highest BCUT2D eigenvalue weighted by Gasteiger charge is 2.36. The van der Waals surface area contributed by atoms with E-state index in [-0.39, 0.29) is 25.4 Å². The molecule has 26 heavy (non-hydrogen) atoms. The Kier molecular flexibility index (Phi) is 5.83. The van der Waals surface area contributed by atoms with Crippen LogP contribution in [0.1, 0.15) is 5.56 Å². The normalized spacial score (nSPS) is 16.3. The Morgan fingerprint density at radius 1 is 1.35 bits per heavy atom. The lowest BCUT2D eigenvalue weighted by atomic mass is 10.1. The number of ether oxygens (including phenoxy) is 1. The maximum Gasteiger partial charge on any atom is 0.418 e. The van der Waals surface area contributed by atoms with Crippen LogP contribution in [0.15, 0.2) is 18.2 Å². The summed E-state index contributed by atoms with van der Waals surface area (Å²) in [5.74, 6) is -2.53. The summed E-state index contributed by atoms with van der Waals surface area (Å²) in [6.07, 6.45) is -4.80. The van der Waals surface area contributed by atoms with Gasteiger partial charge in [-0.2, -0.15) is 13.2 Å². The standard InChI is InChI=1S/C15H17F3N4O4/c1-20-12(13(19)24)14(25)21-10-3-2-8(6-9(10)15(16,17)18)22-4-5-26-7-11(22)23/h2-3,6,12,20H,4-5,7H2,1H3,(H2,19,24)(H,21,25)/t12-/m1/s1. The van der Waals surface area contributed by atoms with Crippen LogP contribution in [0.2, 0.25) is 0 Å². The topological polar surface area (TPSA) is 114 Å². The van der Waals surface area contributed by atoms with Crippen molar-refractivity contribution in [2.45, 2.75) is 12.2 Å². The highest BCUT2D eigenvalue weighted by molar-refractivity contribution is 6.10. The Morgan fingerprint density at radius 3 is 2.58 bits per heavy atom. The van der Waals surface area contributed by atoms with Gasteiger partial charge in [-0.1, -0.05) is 0 Å². The Hall–Kier alpha value is -2.66. The van der Waals surface area contributed by atoms with Crippen LogP contribution in [-0.4, -0.2) is 50.6 Å². The van der Waals surface area contributed by atoms with E-state index in [2.05, 4.69) is 5.32 Å². The zero-order valence-electron chi connectivity index (χ0n) is 13.7. The number of rotatable bonds is 5. The first-order chi connectivity index (χ1) is 12.1. The molecular weight excluding hydrogens is 357 g/mol. The Balaban J connectivity index is 2.36. The first-order valence-corrected chi connectivity index (χ1v) is 7.52. The van der Waals surface area contributed by atoms with E-state index in [9.17, 15) is 27.6 Å². The van der Waals surface area contributed by atoms with Crippen LogP contribution in [0.5, 0.6) is 0 Å². The van der Waals surface area contributed by atoms with Crippen molar-refractivity contribution < 1.29 is 32.3 Å². The molecule has 0 unspecified atom stereocenters. The summed E-state index contributed by atoms with van der Waals surface area (Å²) in [6.45, 7) is 0.0989. The average Bonchev–Trinajstić information content (AvgIpc) is 2.55. The zero-order chi connectivity index (χ0) is 19.5. The molecule has 2 rings (SSSR count). The third-order valence-electron chi connectivity index (χ3n) is 3.70. The molecule has 1 aromatic rings. The fourth-order valence-electron chi connectivity index (χ4n) is 2.44. The number of hydrogen-bond acceptors (Lipinski definition) is 5. The molecule has 142 valence electrons. The van der Waals surface area contributed by atoms with E-state index in [1.165, 1.54) is 18.0 Å². The van der Waals surface area contributed by atoms with Gasteiger partial charge >= 0.3 is 6.18 Å². The van der Waals surface area contributed by atoms with Crippen molar-refractivity contribution in [2.75, 3.05) is 37.0 Å². The number of nitrogens with zero attached hydrogens (tertiary/aromatic N) is 1. The smallest absolute Gasteiger partial charge is 0.370 e. The quantitative estimate of drug-likeness (QED) is 0.632. The lowest BCUT2D eigenvalue weighted by molar-refractivity contribution is -0.137. The van der Waals surface area contributed by atoms with Crippen LogP contribution in [-0.2, 0) is 25.3 Å². The maximum absolute atomic E-state index is 13.4. The number of nitrogens with one attached hydrogen (secondary N) is 2. The Morgan fingerprint density at radius 2 is 2.04 bits per heavy atom. The molecule has 1 atom stereocenters. The average molecular weight is 374 g/mol. The van der Waals surface area contributed by atoms with Crippen LogP contribution in [0.3, 0.4) is 0 Å². The first-order valence-electron chi connectivity index (χ1n) is 7.52. The van der Waals surface area contributed by atoms with Crippen LogP contribution >= 0.6 is 0 Å². The zero-order valence-corrected chi connectivity index (χ0v) is 13.7. The fraction of sp³-hybridized carbons (Fsp3) is 0.400. The molecule has 0 spiro atoms. The van der Waals surface area contributed by atoms with E-state index in [1.54, 1.807) is 0 Å². The number of morpholine rings is 1. The number of likely N-dealkylation sites (N-methyl/N-ethyl adjacent to an activating group) is 1. The number of nitrogens with two attached hydrogens (primary N) is 1. The molecule has 1 aliphatic rings. The largest absolute Gasteiger partial charge is 0.418 e. The van der Waals surface area contributed by atoms with Gasteiger partial charge in [-0.25, -0.2) is 0 Å². The van der Waals surface area contributed by atoms with E-state index >= 15 is 0 Å². The number of carbonyl (C=O) groups excluding carboxylic acids is 3. The van der Waals surface area contributed by atoms with Gasteiger partial charge in [0.25, 0.3) is 11.8 Å². The van der Waals surface area contributed by atoms with E-state index in [4.69, 9.17) is 10.5 Å². The molecule has 11 heteroatoms. The molecule has 1 saturated heterocycles. The lowest BCUT2D eigenvalue weighted by Gasteiger charge is -2.28. The van der Waals surface area contributed by atoms with Crippen LogP contribution < -0.4 is 21.3 Å². The minimum Gasteiger partial charge on any atom is -0.370 e. The van der Waals surface area contributed by atoms with Crippen LogP contribution in [0.25, 0.3) is 0 Å². The summed E-state index contributed by atoms with van der Waals surface area (Å²) in [7, 11) is 1.27. The lowest BCUT2D eigenvalue weighted by Crippen LogP contribution is -2.48. The summed E-state index contributed by atoms with van der Waals surface area (Å²) >= 11 is 0. The number of carbonyl (C=O) groups is 3. The first kappa shape index (κ1) is 19.7. The molecule has 1 aromatic carbocycles. The van der Waals surface area contributed by atoms with Crippen molar-refractivity contribution in [3.8, 4) is 0 Å². The van der Waals surface area contributed by atoms with Gasteiger partial charge in [-0.3, -0.25) is 14.4 Å². The van der Waals surface area contributed by atoms with Crippen molar-refractivity contribution in [3.63, 3.8) is 0 Å². The highest BCUT2D eigenvalue weighted by atomic mass is 19.4. The molecule has 1 fully saturated rings. The summed E-state index contributed by atoms with van der Waals surface area (Å²) in [4.78, 5) is 36.1. The van der Waals surface area contributed by atoms with Gasteiger partial charge in [-0.15, -0.1) is 0 Å². The fourth-order valence-corrected chi connectivity index (χ4v) is 2.44. The second-order valence-electron chi connectivity index (χ2n) is 5.44. The van der Waals surface area contributed by atoms with Gasteiger partial charge in [0, 0.05) is 12.2 Å². The van der Waals surface area contributed by atoms with Gasteiger partial charge in [0.2, 0.25) is 5.91 Å². The van der Waals surface area contributed by atoms with E-state index in [1.807, 2.05) is 5.32 Å². The molecule has 0 bridgehead atoms. The number of hydrogen-bond donors (Lipinski definition) is 3. The second kappa shape index (κ2) is 7.70. The maximum atomic E-state index is 13.4. The minimum atomic E-state index is -4.80. The van der Waals surface area contributed by atoms with Crippen molar-refractivity contribution in [1.29, 1.82) is 0 Å². The van der Waals surface area contributed by atoms with Crippen molar-refractivity contribution in [1.82, 2.24) is 5.32 Å². The van der Waals surface area contributed by atoms with Crippen LogP contribution in [0, 0.1) is 0 Å². The number of halogens is 3. The predicted octanol–water partition coefficient (Wildman–Crippen LogP) is 0.0804. The van der Waals surface area contributed by atoms with Crippen molar-refractivity contribution in [3.05, 3.63) is 23.8 Å². The Labute approximate surface area is 146 Å². The molecule has 8 nitrogen and oxygen atoms in total. The van der Waals surface area contributed by atoms with Crippen LogP contribution in [0.4, 0.5) is 24.5 Å². The van der Waals surface area contributed by atoms with Gasteiger partial charge in [0.05, 0.1) is 17.9 Å². The van der Waals surface area contributed by atoms with Crippen molar-refractivity contribution in [2.24, 2.45) is 5.73 Å². The van der Waals surface area contributed by atoms with E-state index < -0.39 is 41.2 Å². The molecule has 3 amide bonds. The predicted molar refractivity (Wildman–Crippen MR) is 85.3 cm³/mol. The van der Waals surface area contributed by atoms with Gasteiger partial charge in [0.15, 0.2) is 6.04 Å². The number of benzene rings is 1. The molecule has 0 aliphatic carbocycles. The highest BCUT2D eigenvalue weighted by Crippen LogP contribution is 2.37. The molecule has 1 aliphatic heterocycles. The van der Waals surface area contributed by atoms with Crippen molar-refractivity contribution >= 4 is 29.1 Å². The third kappa shape index (κ3) is 4.29. The molecular formula is C15H17F3N4O4. The van der Waals surface area contributed by atoms with Gasteiger partial charge in [-0.05, 0) is 25.2 Å². The number of primary amides is 1. The Bertz CT molecular complexity index is 723. The minimum absolute atomic E-state index is 0.0312. The molecule has 0 aromatic heterocycles. The summed E-state index contributed by atoms with van der Waals surface area (Å²) in [6, 6.07) is 1.56. The molecule has 4 N–H and O–H groups in total. The molecule has 1 heterocycles. The SMILES string of the molecule is CN[C@H](C(N)=O)C(=O)Nc1ccc(N2CCOCC2=O)cc1C(F)(F)F. The summed E-state index contributed by atoms with van der Waals surface area (Å²) in [5.41, 5.74) is 3.35. The van der Waals surface area contributed by atoms with E-state index in [0.717, 1.165) is 12.1 Å². The molecule has 0 saturated carbocycles. The summed E-state index contributed by atoms with van der Waals surface area (Å²) < 4.78 is 45.1. The second-order valence-corrected chi connectivity index (χ2v) is 5.44. The third-order valence-corrected chi connectivity index (χ3v) is 3.70. The number of anilines is 2. The van der Waals surface area contributed by atoms with Gasteiger partial charge in [0.1, 0.15) is 6.61 Å². The van der Waals surface area contributed by atoms with E-state index in [0.29, 0.717) is 0 Å². The van der Waals surface area contributed by atoms with Gasteiger partial charge < -0.3 is 26.0 Å².